The average molecular weight is 214 g/mol. The molecule has 0 aliphatic heterocycles. The molecule has 0 radical (unpaired) electrons. The van der Waals surface area contributed by atoms with Gasteiger partial charge < -0.3 is 4.43 Å². The number of hydrogen-bond donors (Lipinski definition) is 0. The summed E-state index contributed by atoms with van der Waals surface area (Å²) in [6.07, 6.45) is 9.74. The van der Waals surface area contributed by atoms with Gasteiger partial charge in [-0.3, -0.25) is 0 Å². The third kappa shape index (κ3) is 4.96. The molecule has 0 N–H and O–H groups in total. The van der Waals surface area contributed by atoms with Crippen molar-refractivity contribution in [2.24, 2.45) is 5.41 Å². The van der Waals surface area contributed by atoms with Crippen LogP contribution in [0.5, 0.6) is 0 Å². The Bertz CT molecular complexity index is 137. The Morgan fingerprint density at radius 3 is 2.00 bits per heavy atom. The molecular weight excluding hydrogens is 188 g/mol. The molecule has 0 fully saturated rings. The second kappa shape index (κ2) is 8.24. The lowest BCUT2D eigenvalue weighted by molar-refractivity contribution is 0.173. The maximum Gasteiger partial charge on any atom is 0.146 e. The Morgan fingerprint density at radius 2 is 1.71 bits per heavy atom. The van der Waals surface area contributed by atoms with Crippen LogP contribution < -0.4 is 0 Å². The molecule has 0 unspecified atom stereocenters. The smallest absolute Gasteiger partial charge is 0.146 e. The zero-order valence-corrected chi connectivity index (χ0v) is 12.1. The monoisotopic (exact) mass is 214 g/mol. The van der Waals surface area contributed by atoms with E-state index in [9.17, 15) is 0 Å². The van der Waals surface area contributed by atoms with Crippen LogP contribution >= 0.6 is 0 Å². The molecule has 0 atom stereocenters. The van der Waals surface area contributed by atoms with Crippen molar-refractivity contribution < 1.29 is 4.43 Å². The van der Waals surface area contributed by atoms with E-state index in [1.54, 1.807) is 0 Å². The topological polar surface area (TPSA) is 9.23 Å². The van der Waals surface area contributed by atoms with Gasteiger partial charge in [0.05, 0.1) is 0 Å². The number of hydrogen-bond acceptors (Lipinski definition) is 1. The second-order valence-corrected chi connectivity index (χ2v) is 4.78. The van der Waals surface area contributed by atoms with Gasteiger partial charge >= 0.3 is 0 Å². The lowest BCUT2D eigenvalue weighted by Gasteiger charge is -2.30. The van der Waals surface area contributed by atoms with Gasteiger partial charge in [-0.05, 0) is 12.8 Å². The minimum Gasteiger partial charge on any atom is -0.427 e. The van der Waals surface area contributed by atoms with Crippen LogP contribution in [0.4, 0.5) is 0 Å². The Balaban J connectivity index is 4.18. The van der Waals surface area contributed by atoms with Gasteiger partial charge in [0.2, 0.25) is 0 Å². The molecule has 84 valence electrons. The molecule has 2 heteroatoms. The Hall–Kier alpha value is -0.0831. The standard InChI is InChI=1S/C12H26OSi/c1-4-7-9-12(6-3,11-13-14)10-8-5-2/h6H,3-5,7-11H2,1-2,14H3. The van der Waals surface area contributed by atoms with E-state index in [-0.39, 0.29) is 5.41 Å². The van der Waals surface area contributed by atoms with Crippen molar-refractivity contribution in [3.8, 4) is 0 Å². The van der Waals surface area contributed by atoms with E-state index < -0.39 is 0 Å². The van der Waals surface area contributed by atoms with Gasteiger partial charge in [-0.25, -0.2) is 0 Å². The van der Waals surface area contributed by atoms with Crippen molar-refractivity contribution in [3.05, 3.63) is 12.7 Å². The maximum atomic E-state index is 5.46. The van der Waals surface area contributed by atoms with Crippen molar-refractivity contribution >= 4 is 10.5 Å². The molecule has 0 bridgehead atoms. The lowest BCUT2D eigenvalue weighted by atomic mass is 9.79. The van der Waals surface area contributed by atoms with Gasteiger partial charge in [0.25, 0.3) is 0 Å². The molecule has 0 heterocycles. The first-order valence-corrected chi connectivity index (χ1v) is 6.69. The van der Waals surface area contributed by atoms with Crippen LogP contribution in [-0.4, -0.2) is 17.1 Å². The van der Waals surface area contributed by atoms with Crippen LogP contribution in [0.1, 0.15) is 52.4 Å². The summed E-state index contributed by atoms with van der Waals surface area (Å²) in [5.41, 5.74) is 0.272. The predicted octanol–water partition coefficient (Wildman–Crippen LogP) is 2.84. The highest BCUT2D eigenvalue weighted by Gasteiger charge is 2.24. The second-order valence-electron chi connectivity index (χ2n) is 4.21. The lowest BCUT2D eigenvalue weighted by Crippen LogP contribution is -2.24. The summed E-state index contributed by atoms with van der Waals surface area (Å²) in [5.74, 6) is 0. The SMILES string of the molecule is C=CC(CCCC)(CCCC)CO[SiH3]. The fourth-order valence-electron chi connectivity index (χ4n) is 1.88. The first-order chi connectivity index (χ1) is 6.74. The van der Waals surface area contributed by atoms with Gasteiger partial charge in [-0.15, -0.1) is 6.58 Å². The molecule has 0 amide bonds. The fraction of sp³-hybridized carbons (Fsp3) is 0.833. The highest BCUT2D eigenvalue weighted by atomic mass is 28.2. The van der Waals surface area contributed by atoms with Crippen LogP contribution in [0.2, 0.25) is 0 Å². The first-order valence-electron chi connectivity index (χ1n) is 5.87. The van der Waals surface area contributed by atoms with Crippen LogP contribution in [0, 0.1) is 5.41 Å². The van der Waals surface area contributed by atoms with E-state index in [0.717, 1.165) is 17.1 Å². The summed E-state index contributed by atoms with van der Waals surface area (Å²) in [5, 5.41) is 0. The zero-order chi connectivity index (χ0) is 10.9. The molecule has 0 aromatic heterocycles. The Labute approximate surface area is 92.5 Å². The van der Waals surface area contributed by atoms with Crippen LogP contribution in [-0.2, 0) is 4.43 Å². The highest BCUT2D eigenvalue weighted by molar-refractivity contribution is 5.97. The van der Waals surface area contributed by atoms with Crippen molar-refractivity contribution in [3.63, 3.8) is 0 Å². The van der Waals surface area contributed by atoms with Gasteiger partial charge in [0.1, 0.15) is 10.5 Å². The molecule has 0 spiro atoms. The molecular formula is C12H26OSi. The molecule has 1 nitrogen and oxygen atoms in total. The maximum absolute atomic E-state index is 5.46. The summed E-state index contributed by atoms with van der Waals surface area (Å²) < 4.78 is 5.46. The van der Waals surface area contributed by atoms with Crippen molar-refractivity contribution in [1.82, 2.24) is 0 Å². The predicted molar refractivity (Wildman–Crippen MR) is 67.6 cm³/mol. The van der Waals surface area contributed by atoms with Crippen LogP contribution in [0.3, 0.4) is 0 Å². The summed E-state index contributed by atoms with van der Waals surface area (Å²) >= 11 is 0. The summed E-state index contributed by atoms with van der Waals surface area (Å²) in [6, 6.07) is 0. The minimum atomic E-state index is 0.272. The van der Waals surface area contributed by atoms with Crippen LogP contribution in [0.25, 0.3) is 0 Å². The summed E-state index contributed by atoms with van der Waals surface area (Å²) in [6.45, 7) is 9.38. The quantitative estimate of drug-likeness (QED) is 0.424. The van der Waals surface area contributed by atoms with Gasteiger partial charge in [-0.1, -0.05) is 45.6 Å². The zero-order valence-electron chi connectivity index (χ0n) is 10.1. The molecule has 0 saturated carbocycles. The van der Waals surface area contributed by atoms with E-state index in [2.05, 4.69) is 26.5 Å². The molecule has 0 aromatic carbocycles. The molecule has 0 aromatic rings. The Kier molecular flexibility index (Phi) is 8.19. The third-order valence-electron chi connectivity index (χ3n) is 2.92. The third-order valence-corrected chi connectivity index (χ3v) is 3.21. The molecule has 0 aliphatic carbocycles. The van der Waals surface area contributed by atoms with Crippen LogP contribution in [0.15, 0.2) is 12.7 Å². The number of unbranched alkanes of at least 4 members (excludes halogenated alkanes) is 2. The number of rotatable bonds is 9. The first kappa shape index (κ1) is 13.9. The van der Waals surface area contributed by atoms with Gasteiger partial charge in [0, 0.05) is 12.0 Å². The van der Waals surface area contributed by atoms with E-state index >= 15 is 0 Å². The Morgan fingerprint density at radius 1 is 1.21 bits per heavy atom. The molecule has 0 saturated heterocycles. The highest BCUT2D eigenvalue weighted by Crippen LogP contribution is 2.32. The summed E-state index contributed by atoms with van der Waals surface area (Å²) in [4.78, 5) is 0. The van der Waals surface area contributed by atoms with E-state index in [0.29, 0.717) is 0 Å². The van der Waals surface area contributed by atoms with Crippen molar-refractivity contribution in [2.45, 2.75) is 52.4 Å². The largest absolute Gasteiger partial charge is 0.427 e. The minimum absolute atomic E-state index is 0.272. The normalized spacial score (nSPS) is 11.9. The molecule has 0 aliphatic rings. The average Bonchev–Trinajstić information content (AvgIpc) is 2.22. The van der Waals surface area contributed by atoms with E-state index in [1.165, 1.54) is 38.5 Å². The van der Waals surface area contributed by atoms with E-state index in [1.807, 2.05) is 0 Å². The van der Waals surface area contributed by atoms with Crippen molar-refractivity contribution in [2.75, 3.05) is 6.61 Å². The van der Waals surface area contributed by atoms with E-state index in [4.69, 9.17) is 4.43 Å². The molecule has 14 heavy (non-hydrogen) atoms. The molecule has 0 rings (SSSR count). The van der Waals surface area contributed by atoms with Crippen molar-refractivity contribution in [1.29, 1.82) is 0 Å². The van der Waals surface area contributed by atoms with Gasteiger partial charge in [0.15, 0.2) is 0 Å². The summed E-state index contributed by atoms with van der Waals surface area (Å²) in [7, 11) is 0.844. The van der Waals surface area contributed by atoms with Gasteiger partial charge in [-0.2, -0.15) is 0 Å². The fourth-order valence-corrected chi connectivity index (χ4v) is 2.45.